The monoisotopic (exact) mass is 237 g/mol. The van der Waals surface area contributed by atoms with Gasteiger partial charge in [0.2, 0.25) is 0 Å². The van der Waals surface area contributed by atoms with Crippen molar-refractivity contribution in [3.05, 3.63) is 21.9 Å². The molecule has 0 bridgehead atoms. The predicted molar refractivity (Wildman–Crippen MR) is 68.3 cm³/mol. The molecule has 0 aliphatic carbocycles. The van der Waals surface area contributed by atoms with Gasteiger partial charge in [-0.15, -0.1) is 11.3 Å². The molecule has 1 fully saturated rings. The molecule has 1 aliphatic heterocycles. The summed E-state index contributed by atoms with van der Waals surface area (Å²) in [4.78, 5) is 14.0. The van der Waals surface area contributed by atoms with E-state index in [-0.39, 0.29) is 0 Å². The Labute approximate surface area is 101 Å². The molecule has 1 unspecified atom stereocenters. The van der Waals surface area contributed by atoms with Crippen LogP contribution in [0, 0.1) is 6.92 Å². The fourth-order valence-electron chi connectivity index (χ4n) is 2.18. The topological polar surface area (TPSA) is 29.1 Å². The lowest BCUT2D eigenvalue weighted by Gasteiger charge is -2.22. The molecular weight excluding hydrogens is 218 g/mol. The molecular formula is C13H19NOS. The maximum absolute atomic E-state index is 11.9. The normalized spacial score (nSPS) is 20.9. The van der Waals surface area contributed by atoms with E-state index in [1.165, 1.54) is 24.1 Å². The maximum atomic E-state index is 11.9. The number of hydrogen-bond donors (Lipinski definition) is 1. The molecule has 0 amide bonds. The first-order valence-corrected chi connectivity index (χ1v) is 6.90. The molecule has 2 nitrogen and oxygen atoms in total. The number of thiophene rings is 1. The molecule has 1 aliphatic rings. The van der Waals surface area contributed by atoms with E-state index in [0.717, 1.165) is 17.8 Å². The van der Waals surface area contributed by atoms with Gasteiger partial charge in [0.1, 0.15) is 0 Å². The Kier molecular flexibility index (Phi) is 4.13. The van der Waals surface area contributed by atoms with Crippen molar-refractivity contribution in [1.82, 2.24) is 5.32 Å². The molecule has 16 heavy (non-hydrogen) atoms. The van der Waals surface area contributed by atoms with Gasteiger partial charge in [-0.05, 0) is 44.9 Å². The van der Waals surface area contributed by atoms with Crippen molar-refractivity contribution in [3.63, 3.8) is 0 Å². The van der Waals surface area contributed by atoms with Crippen LogP contribution in [0.4, 0.5) is 0 Å². The van der Waals surface area contributed by atoms with Crippen molar-refractivity contribution in [2.24, 2.45) is 0 Å². The van der Waals surface area contributed by atoms with Crippen LogP contribution < -0.4 is 5.32 Å². The lowest BCUT2D eigenvalue weighted by Crippen LogP contribution is -2.34. The highest BCUT2D eigenvalue weighted by atomic mass is 32.1. The van der Waals surface area contributed by atoms with E-state index in [2.05, 4.69) is 5.32 Å². The molecule has 3 heteroatoms. The molecule has 1 saturated heterocycles. The second-order valence-corrected chi connectivity index (χ2v) is 5.81. The zero-order chi connectivity index (χ0) is 11.4. The van der Waals surface area contributed by atoms with Crippen LogP contribution in [-0.4, -0.2) is 18.4 Å². The van der Waals surface area contributed by atoms with Crippen molar-refractivity contribution in [3.8, 4) is 0 Å². The van der Waals surface area contributed by atoms with Crippen LogP contribution in [0.15, 0.2) is 12.1 Å². The predicted octanol–water partition coefficient (Wildman–Crippen LogP) is 3.16. The lowest BCUT2D eigenvalue weighted by atomic mass is 9.99. The zero-order valence-electron chi connectivity index (χ0n) is 9.79. The van der Waals surface area contributed by atoms with E-state index < -0.39 is 0 Å². The zero-order valence-corrected chi connectivity index (χ0v) is 10.6. The number of hydrogen-bond acceptors (Lipinski definition) is 3. The summed E-state index contributed by atoms with van der Waals surface area (Å²) in [5.41, 5.74) is 0. The fraction of sp³-hybridized carbons (Fsp3) is 0.615. The SMILES string of the molecule is Cc1ccc(C(=O)CCC2CCCCN2)s1. The van der Waals surface area contributed by atoms with Crippen molar-refractivity contribution in [2.75, 3.05) is 6.54 Å². The van der Waals surface area contributed by atoms with Gasteiger partial charge in [0, 0.05) is 17.3 Å². The largest absolute Gasteiger partial charge is 0.314 e. The van der Waals surface area contributed by atoms with E-state index in [4.69, 9.17) is 0 Å². The third-order valence-electron chi connectivity index (χ3n) is 3.15. The Morgan fingerprint density at radius 1 is 1.50 bits per heavy atom. The van der Waals surface area contributed by atoms with Crippen LogP contribution in [0.5, 0.6) is 0 Å². The first-order chi connectivity index (χ1) is 7.75. The van der Waals surface area contributed by atoms with Crippen molar-refractivity contribution < 1.29 is 4.79 Å². The van der Waals surface area contributed by atoms with Gasteiger partial charge in [-0.25, -0.2) is 0 Å². The Bertz CT molecular complexity index is 353. The molecule has 2 rings (SSSR count). The Hall–Kier alpha value is -0.670. The van der Waals surface area contributed by atoms with Crippen LogP contribution >= 0.6 is 11.3 Å². The minimum atomic E-state index is 0.311. The summed E-state index contributed by atoms with van der Waals surface area (Å²) < 4.78 is 0. The van der Waals surface area contributed by atoms with E-state index in [1.807, 2.05) is 19.1 Å². The highest BCUT2D eigenvalue weighted by Crippen LogP contribution is 2.19. The Morgan fingerprint density at radius 3 is 3.00 bits per heavy atom. The lowest BCUT2D eigenvalue weighted by molar-refractivity contribution is 0.0978. The van der Waals surface area contributed by atoms with Crippen molar-refractivity contribution in [1.29, 1.82) is 0 Å². The molecule has 0 aromatic carbocycles. The summed E-state index contributed by atoms with van der Waals surface area (Å²) in [6, 6.07) is 4.55. The standard InChI is InChI=1S/C13H19NOS/c1-10-5-8-13(16-10)12(15)7-6-11-4-2-3-9-14-11/h5,8,11,14H,2-4,6-7,9H2,1H3. The van der Waals surface area contributed by atoms with Crippen LogP contribution in [0.25, 0.3) is 0 Å². The van der Waals surface area contributed by atoms with Crippen molar-refractivity contribution >= 4 is 17.1 Å². The van der Waals surface area contributed by atoms with Crippen molar-refractivity contribution in [2.45, 2.75) is 45.1 Å². The summed E-state index contributed by atoms with van der Waals surface area (Å²) >= 11 is 1.61. The number of rotatable bonds is 4. The van der Waals surface area contributed by atoms with Gasteiger partial charge in [-0.3, -0.25) is 4.79 Å². The molecule has 88 valence electrons. The second-order valence-electron chi connectivity index (χ2n) is 4.52. The number of aryl methyl sites for hydroxylation is 1. The quantitative estimate of drug-likeness (QED) is 0.815. The maximum Gasteiger partial charge on any atom is 0.172 e. The van der Waals surface area contributed by atoms with Crippen LogP contribution in [0.2, 0.25) is 0 Å². The van der Waals surface area contributed by atoms with Gasteiger partial charge in [0.15, 0.2) is 5.78 Å². The Morgan fingerprint density at radius 2 is 2.38 bits per heavy atom. The highest BCUT2D eigenvalue weighted by molar-refractivity contribution is 7.14. The van der Waals surface area contributed by atoms with Gasteiger partial charge < -0.3 is 5.32 Å². The Balaban J connectivity index is 1.79. The number of carbonyl (C=O) groups excluding carboxylic acids is 1. The molecule has 0 radical (unpaired) electrons. The fourth-order valence-corrected chi connectivity index (χ4v) is 3.02. The number of ketones is 1. The minimum absolute atomic E-state index is 0.311. The summed E-state index contributed by atoms with van der Waals surface area (Å²) in [5, 5.41) is 3.48. The van der Waals surface area contributed by atoms with Crippen LogP contribution in [-0.2, 0) is 0 Å². The summed E-state index contributed by atoms with van der Waals surface area (Å²) in [5.74, 6) is 0.311. The number of carbonyl (C=O) groups is 1. The van der Waals surface area contributed by atoms with Gasteiger partial charge in [0.05, 0.1) is 4.88 Å². The second kappa shape index (κ2) is 5.60. The summed E-state index contributed by atoms with van der Waals surface area (Å²) in [7, 11) is 0. The molecule has 1 aromatic rings. The highest BCUT2D eigenvalue weighted by Gasteiger charge is 2.15. The van der Waals surface area contributed by atoms with Gasteiger partial charge in [-0.1, -0.05) is 6.42 Å². The average molecular weight is 237 g/mol. The molecule has 1 N–H and O–H groups in total. The van der Waals surface area contributed by atoms with Gasteiger partial charge >= 0.3 is 0 Å². The van der Waals surface area contributed by atoms with Gasteiger partial charge in [-0.2, -0.15) is 0 Å². The summed E-state index contributed by atoms with van der Waals surface area (Å²) in [6.45, 7) is 3.17. The molecule has 1 atom stereocenters. The molecule has 0 spiro atoms. The first-order valence-electron chi connectivity index (χ1n) is 6.09. The van der Waals surface area contributed by atoms with E-state index in [1.54, 1.807) is 11.3 Å². The van der Waals surface area contributed by atoms with Crippen LogP contribution in [0.3, 0.4) is 0 Å². The number of Topliss-reactive ketones (excluding diaryl/α,β-unsaturated/α-hetero) is 1. The summed E-state index contributed by atoms with van der Waals surface area (Å²) in [6.07, 6.45) is 5.52. The average Bonchev–Trinajstić information content (AvgIpc) is 2.74. The smallest absolute Gasteiger partial charge is 0.172 e. The van der Waals surface area contributed by atoms with E-state index in [9.17, 15) is 4.79 Å². The third-order valence-corrected chi connectivity index (χ3v) is 4.19. The molecule has 0 saturated carbocycles. The molecule has 2 heterocycles. The minimum Gasteiger partial charge on any atom is -0.314 e. The number of nitrogens with one attached hydrogen (secondary N) is 1. The number of piperidine rings is 1. The van der Waals surface area contributed by atoms with Gasteiger partial charge in [0.25, 0.3) is 0 Å². The van der Waals surface area contributed by atoms with E-state index >= 15 is 0 Å². The van der Waals surface area contributed by atoms with E-state index in [0.29, 0.717) is 18.2 Å². The van der Waals surface area contributed by atoms with Crippen LogP contribution in [0.1, 0.15) is 46.7 Å². The third kappa shape index (κ3) is 3.16. The first kappa shape index (κ1) is 11.8. The molecule has 1 aromatic heterocycles.